The van der Waals surface area contributed by atoms with Crippen LogP contribution in [0.4, 0.5) is 0 Å². The third kappa shape index (κ3) is 0.979. The van der Waals surface area contributed by atoms with Gasteiger partial charge in [-0.1, -0.05) is 0 Å². The molecule has 3 heterocycles. The summed E-state index contributed by atoms with van der Waals surface area (Å²) in [5.41, 5.74) is -0.667. The lowest BCUT2D eigenvalue weighted by Crippen LogP contribution is -2.45. The van der Waals surface area contributed by atoms with Crippen molar-refractivity contribution in [1.82, 2.24) is 0 Å². The van der Waals surface area contributed by atoms with Gasteiger partial charge in [-0.25, -0.2) is 0 Å². The van der Waals surface area contributed by atoms with E-state index in [1.165, 1.54) is 0 Å². The van der Waals surface area contributed by atoms with E-state index in [1.54, 1.807) is 11.8 Å². The van der Waals surface area contributed by atoms with Crippen LogP contribution in [0.25, 0.3) is 0 Å². The van der Waals surface area contributed by atoms with Crippen molar-refractivity contribution < 1.29 is 19.1 Å². The molecule has 3 aliphatic heterocycles. The summed E-state index contributed by atoms with van der Waals surface area (Å²) in [6.07, 6.45) is 3.52. The zero-order valence-electron chi connectivity index (χ0n) is 8.39. The van der Waals surface area contributed by atoms with Crippen molar-refractivity contribution in [3.05, 3.63) is 0 Å². The molecule has 0 N–H and O–H groups in total. The van der Waals surface area contributed by atoms with Crippen molar-refractivity contribution >= 4 is 23.7 Å². The second-order valence-corrected chi connectivity index (χ2v) is 5.27. The SMILES string of the molecule is CSC[C@]12C(=O)OC(=O)C1[C@@H]1CC[C@H]2O1. The number of carbonyl (C=O) groups excluding carboxylic acids is 2. The largest absolute Gasteiger partial charge is 0.392 e. The van der Waals surface area contributed by atoms with E-state index in [1.807, 2.05) is 6.26 Å². The van der Waals surface area contributed by atoms with Crippen LogP contribution in [-0.4, -0.2) is 36.2 Å². The fraction of sp³-hybridized carbons (Fsp3) is 0.800. The quantitative estimate of drug-likeness (QED) is 0.511. The maximum Gasteiger partial charge on any atom is 0.324 e. The van der Waals surface area contributed by atoms with Crippen molar-refractivity contribution in [2.45, 2.75) is 25.0 Å². The molecule has 0 aromatic heterocycles. The van der Waals surface area contributed by atoms with Gasteiger partial charge < -0.3 is 9.47 Å². The normalized spacial score (nSPS) is 47.1. The van der Waals surface area contributed by atoms with Gasteiger partial charge in [-0.2, -0.15) is 11.8 Å². The summed E-state index contributed by atoms with van der Waals surface area (Å²) in [5.74, 6) is -0.444. The molecule has 0 amide bonds. The molecule has 3 fully saturated rings. The molecular formula is C10H12O4S. The highest BCUT2D eigenvalue weighted by Crippen LogP contribution is 2.57. The van der Waals surface area contributed by atoms with Gasteiger partial charge in [0.15, 0.2) is 0 Å². The highest BCUT2D eigenvalue weighted by atomic mass is 32.2. The van der Waals surface area contributed by atoms with E-state index in [0.29, 0.717) is 5.75 Å². The Kier molecular flexibility index (Phi) is 1.92. The molecule has 3 saturated heterocycles. The summed E-state index contributed by atoms with van der Waals surface area (Å²) in [4.78, 5) is 23.4. The molecule has 0 aromatic rings. The Labute approximate surface area is 91.7 Å². The van der Waals surface area contributed by atoms with Crippen LogP contribution in [-0.2, 0) is 19.1 Å². The predicted octanol–water partition coefficient (Wildman–Crippen LogP) is 0.597. The minimum absolute atomic E-state index is 0.0823. The molecule has 4 atom stereocenters. The van der Waals surface area contributed by atoms with Crippen LogP contribution in [0, 0.1) is 11.3 Å². The Morgan fingerprint density at radius 3 is 3.00 bits per heavy atom. The van der Waals surface area contributed by atoms with Crippen LogP contribution in [0.1, 0.15) is 12.8 Å². The van der Waals surface area contributed by atoms with E-state index in [2.05, 4.69) is 0 Å². The van der Waals surface area contributed by atoms with Gasteiger partial charge in [0.2, 0.25) is 0 Å². The highest BCUT2D eigenvalue weighted by molar-refractivity contribution is 7.98. The number of esters is 2. The third-order valence-electron chi connectivity index (χ3n) is 3.76. The minimum atomic E-state index is -0.667. The van der Waals surface area contributed by atoms with Crippen molar-refractivity contribution in [2.75, 3.05) is 12.0 Å². The lowest BCUT2D eigenvalue weighted by molar-refractivity contribution is -0.158. The van der Waals surface area contributed by atoms with Crippen molar-refractivity contribution in [3.8, 4) is 0 Å². The highest BCUT2D eigenvalue weighted by Gasteiger charge is 2.71. The van der Waals surface area contributed by atoms with Crippen LogP contribution in [0.2, 0.25) is 0 Å². The van der Waals surface area contributed by atoms with E-state index in [9.17, 15) is 9.59 Å². The summed E-state index contributed by atoms with van der Waals surface area (Å²) >= 11 is 1.58. The number of hydrogen-bond donors (Lipinski definition) is 0. The van der Waals surface area contributed by atoms with E-state index in [0.717, 1.165) is 12.8 Å². The topological polar surface area (TPSA) is 52.6 Å². The van der Waals surface area contributed by atoms with Crippen molar-refractivity contribution in [2.24, 2.45) is 11.3 Å². The first-order valence-electron chi connectivity index (χ1n) is 5.10. The molecule has 15 heavy (non-hydrogen) atoms. The molecular weight excluding hydrogens is 216 g/mol. The standard InChI is InChI=1S/C10H12O4S/c1-15-4-10-6-3-2-5(13-6)7(10)8(11)14-9(10)12/h5-7H,2-4H2,1H3/t5-,6+,7?,10+/m0/s1. The van der Waals surface area contributed by atoms with Crippen LogP contribution in [0.3, 0.4) is 0 Å². The van der Waals surface area contributed by atoms with E-state index in [-0.39, 0.29) is 30.1 Å². The number of ether oxygens (including phenoxy) is 2. The van der Waals surface area contributed by atoms with Crippen molar-refractivity contribution in [3.63, 3.8) is 0 Å². The summed E-state index contributed by atoms with van der Waals surface area (Å²) in [6, 6.07) is 0. The van der Waals surface area contributed by atoms with Gasteiger partial charge >= 0.3 is 11.9 Å². The zero-order valence-corrected chi connectivity index (χ0v) is 9.21. The van der Waals surface area contributed by atoms with Gasteiger partial charge in [0.1, 0.15) is 11.3 Å². The molecule has 0 aromatic carbocycles. The number of carbonyl (C=O) groups is 2. The Bertz CT molecular complexity index is 342. The molecule has 1 unspecified atom stereocenters. The van der Waals surface area contributed by atoms with Crippen LogP contribution in [0.15, 0.2) is 0 Å². The van der Waals surface area contributed by atoms with E-state index >= 15 is 0 Å². The molecule has 5 heteroatoms. The summed E-state index contributed by atoms with van der Waals surface area (Å²) in [5, 5.41) is 0. The average Bonchev–Trinajstić information content (AvgIpc) is 2.81. The number of thioether (sulfide) groups is 1. The maximum atomic E-state index is 11.8. The second-order valence-electron chi connectivity index (χ2n) is 4.40. The van der Waals surface area contributed by atoms with Gasteiger partial charge in [-0.05, 0) is 19.1 Å². The smallest absolute Gasteiger partial charge is 0.324 e. The minimum Gasteiger partial charge on any atom is -0.392 e. The number of cyclic esters (lactones) is 2. The summed E-state index contributed by atoms with van der Waals surface area (Å²) in [6.45, 7) is 0. The number of fused-ring (bicyclic) bond motifs is 5. The molecule has 2 bridgehead atoms. The first-order valence-corrected chi connectivity index (χ1v) is 6.50. The number of hydrogen-bond acceptors (Lipinski definition) is 5. The summed E-state index contributed by atoms with van der Waals surface area (Å²) < 4.78 is 10.5. The lowest BCUT2D eigenvalue weighted by atomic mass is 9.69. The second kappa shape index (κ2) is 2.98. The molecule has 4 nitrogen and oxygen atoms in total. The van der Waals surface area contributed by atoms with Gasteiger partial charge in [-0.15, -0.1) is 0 Å². The third-order valence-corrected chi connectivity index (χ3v) is 4.53. The molecule has 82 valence electrons. The molecule has 3 aliphatic rings. The van der Waals surface area contributed by atoms with Gasteiger partial charge in [0, 0.05) is 5.75 Å². The predicted molar refractivity (Wildman–Crippen MR) is 53.3 cm³/mol. The lowest BCUT2D eigenvalue weighted by Gasteiger charge is -2.29. The first-order chi connectivity index (χ1) is 7.20. The molecule has 0 radical (unpaired) electrons. The summed E-state index contributed by atoms with van der Waals surface area (Å²) in [7, 11) is 0. The Morgan fingerprint density at radius 2 is 2.27 bits per heavy atom. The van der Waals surface area contributed by atoms with Gasteiger partial charge in [-0.3, -0.25) is 9.59 Å². The molecule has 0 saturated carbocycles. The molecule has 0 aliphatic carbocycles. The van der Waals surface area contributed by atoms with Crippen molar-refractivity contribution in [1.29, 1.82) is 0 Å². The zero-order chi connectivity index (χ0) is 10.6. The van der Waals surface area contributed by atoms with Gasteiger partial charge in [0.25, 0.3) is 0 Å². The monoisotopic (exact) mass is 228 g/mol. The maximum absolute atomic E-state index is 11.8. The van der Waals surface area contributed by atoms with Crippen LogP contribution in [0.5, 0.6) is 0 Å². The molecule has 0 spiro atoms. The van der Waals surface area contributed by atoms with Crippen LogP contribution < -0.4 is 0 Å². The average molecular weight is 228 g/mol. The van der Waals surface area contributed by atoms with Gasteiger partial charge in [0.05, 0.1) is 12.2 Å². The van der Waals surface area contributed by atoms with Crippen LogP contribution >= 0.6 is 11.8 Å². The number of rotatable bonds is 2. The fourth-order valence-electron chi connectivity index (χ4n) is 3.17. The Balaban J connectivity index is 2.05. The van der Waals surface area contributed by atoms with E-state index in [4.69, 9.17) is 9.47 Å². The first kappa shape index (κ1) is 9.66. The van der Waals surface area contributed by atoms with E-state index < -0.39 is 5.41 Å². The molecule has 3 rings (SSSR count). The Hall–Kier alpha value is -0.550. The fourth-order valence-corrected chi connectivity index (χ4v) is 4.13. The Morgan fingerprint density at radius 1 is 1.47 bits per heavy atom.